The molecule has 0 aromatic carbocycles. The van der Waals surface area contributed by atoms with E-state index in [0.29, 0.717) is 27.6 Å². The molecule has 0 saturated carbocycles. The summed E-state index contributed by atoms with van der Waals surface area (Å²) in [6, 6.07) is 7.25. The van der Waals surface area contributed by atoms with Crippen molar-refractivity contribution in [1.29, 1.82) is 0 Å². The third kappa shape index (κ3) is 3.69. The molecule has 0 atom stereocenters. The van der Waals surface area contributed by atoms with Crippen LogP contribution in [0.3, 0.4) is 0 Å². The first-order valence-corrected chi connectivity index (χ1v) is 7.85. The van der Waals surface area contributed by atoms with Crippen molar-refractivity contribution >= 4 is 44.8 Å². The van der Waals surface area contributed by atoms with Gasteiger partial charge in [0.05, 0.1) is 16.4 Å². The summed E-state index contributed by atoms with van der Waals surface area (Å²) in [6.45, 7) is 4.67. The van der Waals surface area contributed by atoms with Crippen molar-refractivity contribution in [3.8, 4) is 0 Å². The molecule has 0 unspecified atom stereocenters. The lowest BCUT2D eigenvalue weighted by molar-refractivity contribution is 0.0763. The van der Waals surface area contributed by atoms with Crippen LogP contribution in [0.4, 0.5) is 0 Å². The van der Waals surface area contributed by atoms with Gasteiger partial charge in [0.15, 0.2) is 0 Å². The largest absolute Gasteiger partial charge is 0.330 e. The van der Waals surface area contributed by atoms with Crippen LogP contribution in [0, 0.1) is 0 Å². The first kappa shape index (κ1) is 15.2. The van der Waals surface area contributed by atoms with Gasteiger partial charge in [-0.2, -0.15) is 0 Å². The van der Waals surface area contributed by atoms with Gasteiger partial charge in [-0.1, -0.05) is 17.7 Å². The molecule has 6 heteroatoms. The lowest BCUT2D eigenvalue weighted by Crippen LogP contribution is -2.30. The number of halogens is 2. The number of carbonyl (C=O) groups is 1. The Bertz CT molecular complexity index is 629. The second-order valence-electron chi connectivity index (χ2n) is 4.02. The summed E-state index contributed by atoms with van der Waals surface area (Å²) in [5.41, 5.74) is 0.539. The normalized spacial score (nSPS) is 10.3. The van der Waals surface area contributed by atoms with E-state index in [2.05, 4.69) is 27.5 Å². The monoisotopic (exact) mass is 370 g/mol. The van der Waals surface area contributed by atoms with Crippen molar-refractivity contribution in [2.24, 2.45) is 0 Å². The third-order valence-corrected chi connectivity index (χ3v) is 4.45. The van der Waals surface area contributed by atoms with Gasteiger partial charge in [-0.3, -0.25) is 4.79 Å². The van der Waals surface area contributed by atoms with Gasteiger partial charge < -0.3 is 4.90 Å². The Kier molecular flexibility index (Phi) is 5.34. The van der Waals surface area contributed by atoms with Crippen molar-refractivity contribution < 1.29 is 4.79 Å². The summed E-state index contributed by atoms with van der Waals surface area (Å²) in [5, 5.41) is 0. The van der Waals surface area contributed by atoms with Crippen molar-refractivity contribution in [2.75, 3.05) is 6.54 Å². The number of thiophene rings is 1. The minimum atomic E-state index is -0.0885. The van der Waals surface area contributed by atoms with Crippen LogP contribution in [0.2, 0.25) is 4.34 Å². The molecular formula is C14H12BrClN2OS. The fourth-order valence-corrected chi connectivity index (χ4v) is 3.24. The first-order chi connectivity index (χ1) is 9.61. The Morgan fingerprint density at radius 3 is 2.90 bits per heavy atom. The van der Waals surface area contributed by atoms with Gasteiger partial charge in [0.25, 0.3) is 5.91 Å². The van der Waals surface area contributed by atoms with E-state index in [9.17, 15) is 4.79 Å². The molecule has 2 aromatic heterocycles. The summed E-state index contributed by atoms with van der Waals surface area (Å²) in [4.78, 5) is 19.4. The van der Waals surface area contributed by atoms with Crippen LogP contribution < -0.4 is 0 Å². The van der Waals surface area contributed by atoms with Gasteiger partial charge in [-0.15, -0.1) is 17.9 Å². The quantitative estimate of drug-likeness (QED) is 0.577. The van der Waals surface area contributed by atoms with Crippen LogP contribution in [0.15, 0.2) is 47.7 Å². The van der Waals surface area contributed by atoms with Crippen LogP contribution in [0.5, 0.6) is 0 Å². The third-order valence-electron chi connectivity index (χ3n) is 2.60. The van der Waals surface area contributed by atoms with Gasteiger partial charge in [0.1, 0.15) is 4.60 Å². The number of hydrogen-bond donors (Lipinski definition) is 0. The molecule has 2 aromatic rings. The van der Waals surface area contributed by atoms with Gasteiger partial charge in [-0.05, 0) is 40.2 Å². The molecule has 2 heterocycles. The number of carbonyl (C=O) groups excluding carboxylic acids is 1. The van der Waals surface area contributed by atoms with E-state index in [-0.39, 0.29) is 5.91 Å². The second kappa shape index (κ2) is 7.02. The number of hydrogen-bond acceptors (Lipinski definition) is 3. The Balaban J connectivity index is 2.22. The molecule has 0 radical (unpaired) electrons. The number of aromatic nitrogens is 1. The van der Waals surface area contributed by atoms with E-state index in [1.54, 1.807) is 29.3 Å². The SMILES string of the molecule is C=CCN(Cc1ccc(Cl)s1)C(=O)c1cccnc1Br. The molecule has 0 spiro atoms. The molecule has 2 rings (SSSR count). The molecule has 104 valence electrons. The van der Waals surface area contributed by atoms with Gasteiger partial charge in [0.2, 0.25) is 0 Å². The Hall–Kier alpha value is -1.17. The highest BCUT2D eigenvalue weighted by Crippen LogP contribution is 2.24. The molecule has 0 aliphatic heterocycles. The number of nitrogens with zero attached hydrogens (tertiary/aromatic N) is 2. The van der Waals surface area contributed by atoms with E-state index in [0.717, 1.165) is 4.88 Å². The van der Waals surface area contributed by atoms with Crippen LogP contribution in [0.25, 0.3) is 0 Å². The number of rotatable bonds is 5. The maximum Gasteiger partial charge on any atom is 0.257 e. The summed E-state index contributed by atoms with van der Waals surface area (Å²) >= 11 is 10.7. The van der Waals surface area contributed by atoms with Crippen molar-refractivity contribution in [1.82, 2.24) is 9.88 Å². The average molecular weight is 372 g/mol. The first-order valence-electron chi connectivity index (χ1n) is 5.86. The maximum absolute atomic E-state index is 12.5. The number of amides is 1. The summed E-state index contributed by atoms with van der Waals surface area (Å²) in [5.74, 6) is -0.0885. The van der Waals surface area contributed by atoms with Crippen LogP contribution >= 0.6 is 38.9 Å². The topological polar surface area (TPSA) is 33.2 Å². The zero-order valence-corrected chi connectivity index (χ0v) is 13.7. The smallest absolute Gasteiger partial charge is 0.257 e. The standard InChI is InChI=1S/C14H12BrClN2OS/c1-2-8-18(9-10-5-6-12(16)20-10)14(19)11-4-3-7-17-13(11)15/h2-7H,1,8-9H2. The molecule has 0 bridgehead atoms. The molecule has 0 aliphatic rings. The van der Waals surface area contributed by atoms with E-state index < -0.39 is 0 Å². The zero-order valence-electron chi connectivity index (χ0n) is 10.6. The van der Waals surface area contributed by atoms with Gasteiger partial charge >= 0.3 is 0 Å². The summed E-state index contributed by atoms with van der Waals surface area (Å²) in [6.07, 6.45) is 3.34. The predicted molar refractivity (Wildman–Crippen MR) is 86.2 cm³/mol. The minimum Gasteiger partial charge on any atom is -0.330 e. The van der Waals surface area contributed by atoms with Crippen molar-refractivity contribution in [2.45, 2.75) is 6.54 Å². The lowest BCUT2D eigenvalue weighted by atomic mass is 10.2. The van der Waals surface area contributed by atoms with Crippen LogP contribution in [0.1, 0.15) is 15.2 Å². The maximum atomic E-state index is 12.5. The molecular weight excluding hydrogens is 360 g/mol. The van der Waals surface area contributed by atoms with Crippen LogP contribution in [-0.4, -0.2) is 22.3 Å². The van der Waals surface area contributed by atoms with E-state index in [4.69, 9.17) is 11.6 Å². The Labute approximate surface area is 135 Å². The lowest BCUT2D eigenvalue weighted by Gasteiger charge is -2.20. The molecule has 1 amide bonds. The Morgan fingerprint density at radius 2 is 2.30 bits per heavy atom. The second-order valence-corrected chi connectivity index (χ2v) is 6.57. The van der Waals surface area contributed by atoms with Crippen molar-refractivity contribution in [3.05, 3.63) is 62.5 Å². The van der Waals surface area contributed by atoms with E-state index in [1.807, 2.05) is 12.1 Å². The summed E-state index contributed by atoms with van der Waals surface area (Å²) in [7, 11) is 0. The van der Waals surface area contributed by atoms with Crippen LogP contribution in [-0.2, 0) is 6.54 Å². The molecule has 3 nitrogen and oxygen atoms in total. The highest BCUT2D eigenvalue weighted by molar-refractivity contribution is 9.10. The highest BCUT2D eigenvalue weighted by atomic mass is 79.9. The molecule has 0 N–H and O–H groups in total. The van der Waals surface area contributed by atoms with Gasteiger partial charge in [-0.25, -0.2) is 4.98 Å². The molecule has 0 fully saturated rings. The van der Waals surface area contributed by atoms with E-state index in [1.165, 1.54) is 11.3 Å². The predicted octanol–water partition coefficient (Wildman–Crippen LogP) is 4.39. The molecule has 0 saturated heterocycles. The highest BCUT2D eigenvalue weighted by Gasteiger charge is 2.18. The van der Waals surface area contributed by atoms with Gasteiger partial charge in [0, 0.05) is 17.6 Å². The van der Waals surface area contributed by atoms with Crippen molar-refractivity contribution in [3.63, 3.8) is 0 Å². The minimum absolute atomic E-state index is 0.0885. The molecule has 20 heavy (non-hydrogen) atoms. The number of pyridine rings is 1. The zero-order chi connectivity index (χ0) is 14.5. The average Bonchev–Trinajstić information content (AvgIpc) is 2.83. The summed E-state index contributed by atoms with van der Waals surface area (Å²) < 4.78 is 1.26. The fraction of sp³-hybridized carbons (Fsp3) is 0.143. The molecule has 0 aliphatic carbocycles. The van der Waals surface area contributed by atoms with E-state index >= 15 is 0 Å². The fourth-order valence-electron chi connectivity index (χ4n) is 1.72. The Morgan fingerprint density at radius 1 is 1.50 bits per heavy atom.